The molecule has 1 aromatic rings. The lowest BCUT2D eigenvalue weighted by molar-refractivity contribution is -0.140. The maximum absolute atomic E-state index is 11.2. The normalized spacial score (nSPS) is 15.6. The molecule has 116 valence electrons. The topological polar surface area (TPSA) is 67.8 Å². The second-order valence-corrected chi connectivity index (χ2v) is 6.25. The molecule has 0 fully saturated rings. The molecule has 1 unspecified atom stereocenters. The van der Waals surface area contributed by atoms with Crippen LogP contribution in [0.4, 0.5) is 0 Å². The number of nitrogens with one attached hydrogen (secondary N) is 1. The van der Waals surface area contributed by atoms with E-state index in [4.69, 9.17) is 9.47 Å². The van der Waals surface area contributed by atoms with E-state index in [-0.39, 0.29) is 5.92 Å². The molecule has 0 amide bonds. The Bertz CT molecular complexity index is 519. The number of hydrogen-bond acceptors (Lipinski definition) is 4. The van der Waals surface area contributed by atoms with Gasteiger partial charge in [-0.2, -0.15) is 0 Å². The molecule has 1 aliphatic rings. The number of carboxylic acids is 1. The summed E-state index contributed by atoms with van der Waals surface area (Å²) in [5.41, 5.74) is 0.957. The summed E-state index contributed by atoms with van der Waals surface area (Å²) < 4.78 is 12.2. The minimum Gasteiger partial charge on any atom is -0.490 e. The first-order valence-electron chi connectivity index (χ1n) is 7.03. The molecule has 0 radical (unpaired) electrons. The molecule has 21 heavy (non-hydrogen) atoms. The van der Waals surface area contributed by atoms with Crippen LogP contribution in [0.25, 0.3) is 0 Å². The van der Waals surface area contributed by atoms with Crippen molar-refractivity contribution in [2.24, 2.45) is 5.92 Å². The molecule has 2 rings (SSSR count). The van der Waals surface area contributed by atoms with Gasteiger partial charge in [0.15, 0.2) is 11.5 Å². The number of halogens is 1. The van der Waals surface area contributed by atoms with E-state index in [1.165, 1.54) is 0 Å². The van der Waals surface area contributed by atoms with E-state index < -0.39 is 12.0 Å². The Morgan fingerprint density at radius 3 is 2.76 bits per heavy atom. The van der Waals surface area contributed by atoms with Crippen molar-refractivity contribution >= 4 is 21.9 Å². The van der Waals surface area contributed by atoms with Crippen LogP contribution >= 0.6 is 15.9 Å². The van der Waals surface area contributed by atoms with E-state index in [9.17, 15) is 9.90 Å². The van der Waals surface area contributed by atoms with Crippen molar-refractivity contribution in [3.8, 4) is 11.5 Å². The SMILES string of the molecule is CC(C)C(NCc1cc(Br)c2c(c1)OCCCO2)C(=O)O. The fourth-order valence-electron chi connectivity index (χ4n) is 2.22. The molecule has 1 heterocycles. The van der Waals surface area contributed by atoms with E-state index in [0.717, 1.165) is 22.2 Å². The Labute approximate surface area is 132 Å². The van der Waals surface area contributed by atoms with Crippen molar-refractivity contribution in [3.05, 3.63) is 22.2 Å². The molecular weight excluding hydrogens is 338 g/mol. The molecule has 0 aliphatic carbocycles. The lowest BCUT2D eigenvalue weighted by atomic mass is 10.0. The van der Waals surface area contributed by atoms with Gasteiger partial charge in [-0.15, -0.1) is 0 Å². The quantitative estimate of drug-likeness (QED) is 0.847. The molecule has 1 aromatic carbocycles. The molecule has 0 saturated heterocycles. The third-order valence-electron chi connectivity index (χ3n) is 3.32. The lowest BCUT2D eigenvalue weighted by Crippen LogP contribution is -2.40. The summed E-state index contributed by atoms with van der Waals surface area (Å²) in [6.07, 6.45) is 0.850. The number of carboxylic acid groups (broad SMARTS) is 1. The molecule has 0 saturated carbocycles. The van der Waals surface area contributed by atoms with Gasteiger partial charge in [-0.1, -0.05) is 13.8 Å². The zero-order valence-electron chi connectivity index (χ0n) is 12.2. The molecule has 0 bridgehead atoms. The summed E-state index contributed by atoms with van der Waals surface area (Å²) in [5.74, 6) is 0.606. The maximum atomic E-state index is 11.2. The van der Waals surface area contributed by atoms with Crippen LogP contribution in [0.1, 0.15) is 25.8 Å². The second-order valence-electron chi connectivity index (χ2n) is 5.40. The Kier molecular flexibility index (Phi) is 5.47. The molecule has 1 aliphatic heterocycles. The van der Waals surface area contributed by atoms with Gasteiger partial charge < -0.3 is 19.9 Å². The minimum atomic E-state index is -0.835. The highest BCUT2D eigenvalue weighted by Gasteiger charge is 2.21. The van der Waals surface area contributed by atoms with Crippen LogP contribution < -0.4 is 14.8 Å². The number of carbonyl (C=O) groups is 1. The van der Waals surface area contributed by atoms with Crippen LogP contribution in [0.3, 0.4) is 0 Å². The summed E-state index contributed by atoms with van der Waals surface area (Å²) in [5, 5.41) is 12.3. The van der Waals surface area contributed by atoms with Crippen LogP contribution in [-0.2, 0) is 11.3 Å². The van der Waals surface area contributed by atoms with E-state index in [0.29, 0.717) is 25.5 Å². The van der Waals surface area contributed by atoms with Crippen molar-refractivity contribution in [2.75, 3.05) is 13.2 Å². The molecule has 2 N–H and O–H groups in total. The smallest absolute Gasteiger partial charge is 0.320 e. The van der Waals surface area contributed by atoms with Gasteiger partial charge in [0.25, 0.3) is 0 Å². The van der Waals surface area contributed by atoms with E-state index in [1.54, 1.807) is 0 Å². The number of benzene rings is 1. The summed E-state index contributed by atoms with van der Waals surface area (Å²) >= 11 is 3.48. The van der Waals surface area contributed by atoms with Gasteiger partial charge in [0.05, 0.1) is 17.7 Å². The number of ether oxygens (including phenoxy) is 2. The molecule has 1 atom stereocenters. The fraction of sp³-hybridized carbons (Fsp3) is 0.533. The van der Waals surface area contributed by atoms with Gasteiger partial charge in [0.2, 0.25) is 0 Å². The second kappa shape index (κ2) is 7.13. The third kappa shape index (κ3) is 4.11. The zero-order chi connectivity index (χ0) is 15.4. The standard InChI is InChI=1S/C15H20BrNO4/c1-9(2)13(15(18)19)17-8-10-6-11(16)14-12(7-10)20-4-3-5-21-14/h6-7,9,13,17H,3-5,8H2,1-2H3,(H,18,19). The van der Waals surface area contributed by atoms with E-state index in [2.05, 4.69) is 21.2 Å². The maximum Gasteiger partial charge on any atom is 0.320 e. The largest absolute Gasteiger partial charge is 0.490 e. The van der Waals surface area contributed by atoms with Gasteiger partial charge in [-0.3, -0.25) is 4.79 Å². The highest BCUT2D eigenvalue weighted by atomic mass is 79.9. The Hall–Kier alpha value is -1.27. The Morgan fingerprint density at radius 2 is 2.10 bits per heavy atom. The monoisotopic (exact) mass is 357 g/mol. The predicted octanol–water partition coefficient (Wildman–Crippen LogP) is 2.81. The average Bonchev–Trinajstić information content (AvgIpc) is 2.63. The van der Waals surface area contributed by atoms with Crippen LogP contribution in [0.2, 0.25) is 0 Å². The molecule has 0 aromatic heterocycles. The molecule has 0 spiro atoms. The van der Waals surface area contributed by atoms with Gasteiger partial charge in [0, 0.05) is 13.0 Å². The summed E-state index contributed by atoms with van der Waals surface area (Å²) in [6, 6.07) is 3.26. The highest BCUT2D eigenvalue weighted by molar-refractivity contribution is 9.10. The Balaban J connectivity index is 2.12. The average molecular weight is 358 g/mol. The number of aliphatic carboxylic acids is 1. The Morgan fingerprint density at radius 1 is 1.38 bits per heavy atom. The number of fused-ring (bicyclic) bond motifs is 1. The first kappa shape index (κ1) is 16.1. The lowest BCUT2D eigenvalue weighted by Gasteiger charge is -2.18. The first-order chi connectivity index (χ1) is 9.99. The number of hydrogen-bond donors (Lipinski definition) is 2. The van der Waals surface area contributed by atoms with Crippen LogP contribution in [0.15, 0.2) is 16.6 Å². The first-order valence-corrected chi connectivity index (χ1v) is 7.82. The fourth-order valence-corrected chi connectivity index (χ4v) is 2.83. The molecular formula is C15H20BrNO4. The minimum absolute atomic E-state index is 0.0198. The van der Waals surface area contributed by atoms with E-state index in [1.807, 2.05) is 26.0 Å². The highest BCUT2D eigenvalue weighted by Crippen LogP contribution is 2.38. The van der Waals surface area contributed by atoms with Crippen LogP contribution in [0, 0.1) is 5.92 Å². The van der Waals surface area contributed by atoms with Crippen LogP contribution in [0.5, 0.6) is 11.5 Å². The van der Waals surface area contributed by atoms with Crippen LogP contribution in [-0.4, -0.2) is 30.3 Å². The summed E-state index contributed by atoms with van der Waals surface area (Å²) in [7, 11) is 0. The molecule has 6 heteroatoms. The van der Waals surface area contributed by atoms with Crippen molar-refractivity contribution < 1.29 is 19.4 Å². The summed E-state index contributed by atoms with van der Waals surface area (Å²) in [4.78, 5) is 11.2. The van der Waals surface area contributed by atoms with E-state index >= 15 is 0 Å². The summed E-state index contributed by atoms with van der Waals surface area (Å²) in [6.45, 7) is 5.49. The molecule has 5 nitrogen and oxygen atoms in total. The van der Waals surface area contributed by atoms with Crippen molar-refractivity contribution in [2.45, 2.75) is 32.9 Å². The van der Waals surface area contributed by atoms with Gasteiger partial charge in [-0.25, -0.2) is 0 Å². The number of rotatable bonds is 5. The predicted molar refractivity (Wildman–Crippen MR) is 82.9 cm³/mol. The van der Waals surface area contributed by atoms with Gasteiger partial charge >= 0.3 is 5.97 Å². The van der Waals surface area contributed by atoms with Gasteiger partial charge in [-0.05, 0) is 39.5 Å². The van der Waals surface area contributed by atoms with Gasteiger partial charge in [0.1, 0.15) is 6.04 Å². The zero-order valence-corrected chi connectivity index (χ0v) is 13.8. The van der Waals surface area contributed by atoms with Crippen molar-refractivity contribution in [1.82, 2.24) is 5.32 Å². The van der Waals surface area contributed by atoms with Crippen molar-refractivity contribution in [1.29, 1.82) is 0 Å². The van der Waals surface area contributed by atoms with Crippen molar-refractivity contribution in [3.63, 3.8) is 0 Å². The third-order valence-corrected chi connectivity index (χ3v) is 3.91.